The number of nitrogens with one attached hydrogen (secondary N) is 3. The van der Waals surface area contributed by atoms with Crippen molar-refractivity contribution < 1.29 is 14.4 Å². The molecule has 0 bridgehead atoms. The van der Waals surface area contributed by atoms with E-state index in [1.807, 2.05) is 72.5 Å². The van der Waals surface area contributed by atoms with Gasteiger partial charge in [-0.05, 0) is 18.6 Å². The van der Waals surface area contributed by atoms with E-state index in [1.54, 1.807) is 0 Å². The minimum Gasteiger partial charge on any atom is -0.350 e. The maximum atomic E-state index is 13.1. The van der Waals surface area contributed by atoms with Gasteiger partial charge in [0.2, 0.25) is 0 Å². The van der Waals surface area contributed by atoms with Crippen LogP contribution >= 0.6 is 0 Å². The molecule has 4 aromatic rings. The SMILES string of the molecule is C#CCNC(=O)NCCCn1cc(C2=C(c3cn(C)c4ccccc34)C(=O)NC2=O)c2ccccc21. The minimum atomic E-state index is -0.405. The smallest absolute Gasteiger partial charge is 0.315 e. The van der Waals surface area contributed by atoms with Gasteiger partial charge in [-0.3, -0.25) is 14.9 Å². The maximum absolute atomic E-state index is 13.1. The zero-order valence-corrected chi connectivity index (χ0v) is 19.8. The van der Waals surface area contributed by atoms with E-state index in [0.29, 0.717) is 36.2 Å². The number of hydrogen-bond acceptors (Lipinski definition) is 3. The lowest BCUT2D eigenvalue weighted by Crippen LogP contribution is -2.36. The van der Waals surface area contributed by atoms with Crippen molar-refractivity contribution in [3.63, 3.8) is 0 Å². The molecule has 2 aromatic carbocycles. The molecule has 4 amide bonds. The van der Waals surface area contributed by atoms with Crippen LogP contribution in [0, 0.1) is 12.3 Å². The molecule has 5 rings (SSSR count). The largest absolute Gasteiger partial charge is 0.350 e. The number of fused-ring (bicyclic) bond motifs is 2. The van der Waals surface area contributed by atoms with Crippen molar-refractivity contribution in [1.82, 2.24) is 25.1 Å². The molecule has 0 radical (unpaired) electrons. The average molecular weight is 480 g/mol. The van der Waals surface area contributed by atoms with E-state index in [0.717, 1.165) is 27.4 Å². The lowest BCUT2D eigenvalue weighted by molar-refractivity contribution is -0.122. The molecule has 0 saturated heterocycles. The Balaban J connectivity index is 1.54. The van der Waals surface area contributed by atoms with Crippen molar-refractivity contribution in [2.24, 2.45) is 7.05 Å². The minimum absolute atomic E-state index is 0.173. The number of benzene rings is 2. The third-order valence-corrected chi connectivity index (χ3v) is 6.37. The number of amides is 4. The normalized spacial score (nSPS) is 13.3. The lowest BCUT2D eigenvalue weighted by Gasteiger charge is -2.07. The maximum Gasteiger partial charge on any atom is 0.315 e. The summed E-state index contributed by atoms with van der Waals surface area (Å²) in [5.74, 6) is 1.56. The summed E-state index contributed by atoms with van der Waals surface area (Å²) < 4.78 is 4.01. The van der Waals surface area contributed by atoms with E-state index >= 15 is 0 Å². The highest BCUT2D eigenvalue weighted by atomic mass is 16.2. The second-order valence-electron chi connectivity index (χ2n) is 8.62. The molecule has 0 saturated carbocycles. The van der Waals surface area contributed by atoms with Gasteiger partial charge in [-0.2, -0.15) is 0 Å². The predicted molar refractivity (Wildman–Crippen MR) is 140 cm³/mol. The molecule has 0 aliphatic carbocycles. The van der Waals surface area contributed by atoms with E-state index < -0.39 is 11.8 Å². The zero-order chi connectivity index (χ0) is 25.2. The van der Waals surface area contributed by atoms with Gasteiger partial charge in [0.1, 0.15) is 0 Å². The van der Waals surface area contributed by atoms with Crippen LogP contribution in [0.15, 0.2) is 60.9 Å². The molecular weight excluding hydrogens is 454 g/mol. The highest BCUT2D eigenvalue weighted by molar-refractivity contribution is 6.50. The second kappa shape index (κ2) is 9.47. The summed E-state index contributed by atoms with van der Waals surface area (Å²) in [6, 6.07) is 15.3. The summed E-state index contributed by atoms with van der Waals surface area (Å²) in [5.41, 5.74) is 4.11. The van der Waals surface area contributed by atoms with Crippen LogP contribution in [-0.2, 0) is 23.2 Å². The van der Waals surface area contributed by atoms with Gasteiger partial charge >= 0.3 is 6.03 Å². The monoisotopic (exact) mass is 479 g/mol. The average Bonchev–Trinajstić information content (AvgIpc) is 3.51. The van der Waals surface area contributed by atoms with Crippen molar-refractivity contribution >= 4 is 50.8 Å². The van der Waals surface area contributed by atoms with Crippen LogP contribution in [0.4, 0.5) is 4.79 Å². The van der Waals surface area contributed by atoms with E-state index in [1.165, 1.54) is 0 Å². The fourth-order valence-electron chi connectivity index (χ4n) is 4.79. The molecule has 2 aromatic heterocycles. The number of hydrogen-bond donors (Lipinski definition) is 3. The zero-order valence-electron chi connectivity index (χ0n) is 19.8. The van der Waals surface area contributed by atoms with Crippen molar-refractivity contribution in [3.05, 3.63) is 72.1 Å². The third-order valence-electron chi connectivity index (χ3n) is 6.37. The molecule has 3 N–H and O–H groups in total. The van der Waals surface area contributed by atoms with Crippen LogP contribution in [0.1, 0.15) is 17.5 Å². The molecule has 0 fully saturated rings. The second-order valence-corrected chi connectivity index (χ2v) is 8.62. The molecule has 0 atom stereocenters. The molecule has 0 unspecified atom stereocenters. The summed E-state index contributed by atoms with van der Waals surface area (Å²) in [5, 5.41) is 9.65. The fraction of sp³-hybridized carbons (Fsp3) is 0.179. The highest BCUT2D eigenvalue weighted by Gasteiger charge is 2.35. The van der Waals surface area contributed by atoms with Crippen LogP contribution in [0.3, 0.4) is 0 Å². The van der Waals surface area contributed by atoms with Crippen LogP contribution in [0.5, 0.6) is 0 Å². The first kappa shape index (κ1) is 23.0. The van der Waals surface area contributed by atoms with Crippen molar-refractivity contribution in [1.29, 1.82) is 0 Å². The number of para-hydroxylation sites is 2. The van der Waals surface area contributed by atoms with E-state index in [4.69, 9.17) is 6.42 Å². The van der Waals surface area contributed by atoms with Gasteiger partial charge in [-0.25, -0.2) is 4.79 Å². The number of urea groups is 1. The Bertz CT molecular complexity index is 1600. The summed E-state index contributed by atoms with van der Waals surface area (Å²) in [6.45, 7) is 1.25. The Labute approximate surface area is 208 Å². The summed E-state index contributed by atoms with van der Waals surface area (Å²) in [7, 11) is 1.92. The Hall–Kier alpha value is -4.77. The summed E-state index contributed by atoms with van der Waals surface area (Å²) in [4.78, 5) is 37.9. The molecule has 1 aliphatic heterocycles. The van der Waals surface area contributed by atoms with E-state index in [-0.39, 0.29) is 12.6 Å². The fourth-order valence-corrected chi connectivity index (χ4v) is 4.79. The number of carbonyl (C=O) groups excluding carboxylic acids is 3. The number of rotatable bonds is 7. The molecule has 36 heavy (non-hydrogen) atoms. The first-order chi connectivity index (χ1) is 17.5. The van der Waals surface area contributed by atoms with Gasteiger partial charge in [-0.1, -0.05) is 42.3 Å². The van der Waals surface area contributed by atoms with Gasteiger partial charge in [0.25, 0.3) is 11.8 Å². The van der Waals surface area contributed by atoms with Gasteiger partial charge in [0.15, 0.2) is 0 Å². The van der Waals surface area contributed by atoms with Crippen LogP contribution in [0.2, 0.25) is 0 Å². The van der Waals surface area contributed by atoms with Gasteiger partial charge in [0.05, 0.1) is 17.7 Å². The van der Waals surface area contributed by atoms with Gasteiger partial charge < -0.3 is 19.8 Å². The van der Waals surface area contributed by atoms with Crippen LogP contribution in [0.25, 0.3) is 33.0 Å². The molecule has 8 nitrogen and oxygen atoms in total. The molecule has 180 valence electrons. The summed E-state index contributed by atoms with van der Waals surface area (Å²) in [6.07, 6.45) is 9.64. The Morgan fingerprint density at radius 3 is 2.22 bits per heavy atom. The molecule has 1 aliphatic rings. The first-order valence-corrected chi connectivity index (χ1v) is 11.7. The van der Waals surface area contributed by atoms with Crippen molar-refractivity contribution in [2.45, 2.75) is 13.0 Å². The number of nitrogens with zero attached hydrogens (tertiary/aromatic N) is 2. The predicted octanol–water partition coefficient (Wildman–Crippen LogP) is 3.02. The van der Waals surface area contributed by atoms with E-state index in [9.17, 15) is 14.4 Å². The first-order valence-electron chi connectivity index (χ1n) is 11.7. The number of aromatic nitrogens is 2. The topological polar surface area (TPSA) is 97.2 Å². The van der Waals surface area contributed by atoms with Crippen LogP contribution in [-0.4, -0.2) is 40.1 Å². The van der Waals surface area contributed by atoms with E-state index in [2.05, 4.69) is 26.4 Å². The van der Waals surface area contributed by atoms with Crippen molar-refractivity contribution in [3.8, 4) is 12.3 Å². The van der Waals surface area contributed by atoms with Crippen LogP contribution < -0.4 is 16.0 Å². The summed E-state index contributed by atoms with van der Waals surface area (Å²) >= 11 is 0. The molecular formula is C28H25N5O3. The molecule has 0 spiro atoms. The number of aryl methyl sites for hydroxylation is 2. The Morgan fingerprint density at radius 2 is 1.53 bits per heavy atom. The quantitative estimate of drug-likeness (QED) is 0.216. The highest BCUT2D eigenvalue weighted by Crippen LogP contribution is 2.38. The lowest BCUT2D eigenvalue weighted by atomic mass is 9.95. The number of carbonyl (C=O) groups is 3. The number of terminal acetylenes is 1. The Morgan fingerprint density at radius 1 is 0.917 bits per heavy atom. The van der Waals surface area contributed by atoms with Gasteiger partial charge in [0, 0.05) is 65.5 Å². The van der Waals surface area contributed by atoms with Crippen molar-refractivity contribution in [2.75, 3.05) is 13.1 Å². The molecule has 3 heterocycles. The third kappa shape index (κ3) is 4.01. The molecule has 8 heteroatoms. The Kier molecular flexibility index (Phi) is 6.05. The standard InChI is InChI=1S/C28H25N5O3/c1-3-13-29-28(36)30-14-8-15-33-17-21(19-10-5-7-12-23(19)33)25-24(26(34)31-27(25)35)20-16-32(2)22-11-6-4-9-18(20)22/h1,4-7,9-12,16-17H,8,13-15H2,2H3,(H2,29,30,36)(H,31,34,35). The number of imide groups is 1. The van der Waals surface area contributed by atoms with Gasteiger partial charge in [-0.15, -0.1) is 6.42 Å².